The largest absolute Gasteiger partial charge is 0.480 e. The average molecular weight is 705 g/mol. The summed E-state index contributed by atoms with van der Waals surface area (Å²) in [4.78, 5) is 0. The maximum atomic E-state index is 11.4. The van der Waals surface area contributed by atoms with Crippen LogP contribution in [-0.2, 0) is 40.1 Å². The Kier molecular flexibility index (Phi) is 13.7. The fraction of sp³-hybridized carbons (Fsp3) is 1.00. The molecule has 1 aliphatic rings. The molecule has 28 heteroatoms. The quantitative estimate of drug-likeness (QED) is 0.307. The normalized spacial score (nSPS) is 17.4. The topological polar surface area (TPSA) is 192 Å². The van der Waals surface area contributed by atoms with Gasteiger partial charge in [-0.2, -0.15) is 52.7 Å². The number of hydrogen-bond acceptors (Lipinski definition) is 8. The van der Waals surface area contributed by atoms with Gasteiger partial charge in [-0.25, -0.2) is 33.7 Å². The minimum atomic E-state index is -6.72. The molecule has 244 valence electrons. The highest BCUT2D eigenvalue weighted by atomic mass is 32.3. The smallest absolute Gasteiger partial charge is 0.421 e. The van der Waals surface area contributed by atoms with E-state index in [0.29, 0.717) is 0 Å². The van der Waals surface area contributed by atoms with Crippen molar-refractivity contribution < 1.29 is 96.6 Å². The summed E-state index contributed by atoms with van der Waals surface area (Å²) >= 11 is 0. The van der Waals surface area contributed by atoms with Gasteiger partial charge < -0.3 is 18.5 Å². The minimum absolute atomic E-state index is 0.778. The number of rotatable bonds is 7. The second-order valence-electron chi connectivity index (χ2n) is 7.54. The predicted molar refractivity (Wildman–Crippen MR) is 109 cm³/mol. The van der Waals surface area contributed by atoms with Crippen LogP contribution in [0.2, 0.25) is 0 Å². The van der Waals surface area contributed by atoms with E-state index >= 15 is 0 Å². The maximum Gasteiger partial charge on any atom is 0.480 e. The third-order valence-corrected chi connectivity index (χ3v) is 9.64. The van der Waals surface area contributed by atoms with Gasteiger partial charge in [0.1, 0.15) is 0 Å². The molecular weight excluding hydrogens is 684 g/mol. The Balaban J connectivity index is 0. The molecule has 0 radical (unpaired) electrons. The summed E-state index contributed by atoms with van der Waals surface area (Å²) < 4.78 is 220. The van der Waals surface area contributed by atoms with E-state index in [4.69, 9.17) is 0 Å². The predicted octanol–water partition coefficient (Wildman–Crippen LogP) is 1.98. The van der Waals surface area contributed by atoms with E-state index in [1.165, 1.54) is 43.4 Å². The third-order valence-electron chi connectivity index (χ3n) is 4.16. The number of quaternary nitrogens is 2. The Bertz CT molecular complexity index is 1080. The van der Waals surface area contributed by atoms with Crippen molar-refractivity contribution in [2.24, 2.45) is 0 Å². The van der Waals surface area contributed by atoms with Crippen LogP contribution in [-0.4, -0.2) is 93.4 Å². The lowest BCUT2D eigenvalue weighted by Gasteiger charge is -2.28. The van der Waals surface area contributed by atoms with Gasteiger partial charge >= 0.3 is 22.0 Å². The fourth-order valence-electron chi connectivity index (χ4n) is 2.24. The van der Waals surface area contributed by atoms with Gasteiger partial charge in [0.25, 0.3) is 0 Å². The number of sulfonamides is 4. The summed E-state index contributed by atoms with van der Waals surface area (Å²) in [6.45, 7) is 5.26. The van der Waals surface area contributed by atoms with Gasteiger partial charge in [-0.15, -0.1) is 0 Å². The summed E-state index contributed by atoms with van der Waals surface area (Å²) in [7, 11) is -24.5. The average Bonchev–Trinajstić information content (AvgIpc) is 3.09. The molecule has 0 atom stereocenters. The summed E-state index contributed by atoms with van der Waals surface area (Å²) in [5.41, 5.74) is -20.9. The van der Waals surface area contributed by atoms with Gasteiger partial charge in [0.15, 0.2) is 40.1 Å². The van der Waals surface area contributed by atoms with Crippen LogP contribution in [0.4, 0.5) is 52.7 Å². The van der Waals surface area contributed by atoms with Gasteiger partial charge in [0, 0.05) is 19.3 Å². The highest BCUT2D eigenvalue weighted by Crippen LogP contribution is 2.37. The van der Waals surface area contributed by atoms with Crippen molar-refractivity contribution in [2.75, 3.05) is 33.2 Å². The van der Waals surface area contributed by atoms with Crippen molar-refractivity contribution in [3.63, 3.8) is 0 Å². The molecule has 1 saturated heterocycles. The van der Waals surface area contributed by atoms with E-state index in [1.807, 2.05) is 0 Å². The van der Waals surface area contributed by atoms with Crippen molar-refractivity contribution in [2.45, 2.75) is 41.3 Å². The standard InChI is InChI=1S/C8H19N2.2C2F6NO4S2/c1-10(8-4-5-9)6-2-3-7-10;2*3-1(4,5)14(10,11)9-15(12,13)2(6,7)8/h2-9H2,1H3;;/q+1;2*-1/p+1. The first-order chi connectivity index (χ1) is 17.2. The van der Waals surface area contributed by atoms with Gasteiger partial charge in [-0.3, -0.25) is 0 Å². The van der Waals surface area contributed by atoms with Crippen LogP contribution in [0, 0.1) is 0 Å². The monoisotopic (exact) mass is 704 g/mol. The summed E-state index contributed by atoms with van der Waals surface area (Å²) in [5, 5.41) is 0. The van der Waals surface area contributed by atoms with Gasteiger partial charge in [-0.1, -0.05) is 0 Å². The molecule has 0 aromatic heterocycles. The third kappa shape index (κ3) is 12.8. The summed E-state index contributed by atoms with van der Waals surface area (Å²) in [5.74, 6) is 0. The Labute approximate surface area is 219 Å². The molecule has 0 saturated carbocycles. The molecule has 1 fully saturated rings. The summed E-state index contributed by atoms with van der Waals surface area (Å²) in [6, 6.07) is 0. The van der Waals surface area contributed by atoms with E-state index in [0.717, 1.165) is 14.8 Å². The Hall–Kier alpha value is -1.20. The summed E-state index contributed by atoms with van der Waals surface area (Å²) in [6.07, 6.45) is 4.18. The van der Waals surface area contributed by atoms with Crippen molar-refractivity contribution >= 4 is 40.1 Å². The van der Waals surface area contributed by atoms with Crippen molar-refractivity contribution in [3.8, 4) is 0 Å². The molecular formula is C12H20F12N4O8S4. The minimum Gasteiger partial charge on any atom is -0.421 e. The van der Waals surface area contributed by atoms with E-state index in [1.54, 1.807) is 0 Å². The molecule has 0 aliphatic carbocycles. The van der Waals surface area contributed by atoms with Crippen LogP contribution in [0.1, 0.15) is 19.3 Å². The van der Waals surface area contributed by atoms with E-state index in [-0.39, 0.29) is 0 Å². The van der Waals surface area contributed by atoms with Crippen LogP contribution in [0.15, 0.2) is 0 Å². The lowest BCUT2D eigenvalue weighted by Crippen LogP contribution is -2.53. The number of likely N-dealkylation sites (tertiary alicyclic amines) is 1. The van der Waals surface area contributed by atoms with Crippen LogP contribution in [0.25, 0.3) is 8.25 Å². The Morgan fingerprint density at radius 3 is 0.975 bits per heavy atom. The lowest BCUT2D eigenvalue weighted by molar-refractivity contribution is -0.898. The zero-order valence-corrected chi connectivity index (χ0v) is 22.7. The molecule has 0 unspecified atom stereocenters. The highest BCUT2D eigenvalue weighted by molar-refractivity contribution is 8.13. The van der Waals surface area contributed by atoms with Crippen LogP contribution in [0.5, 0.6) is 0 Å². The number of alkyl halides is 12. The fourth-order valence-corrected chi connectivity index (χ4v) is 5.66. The number of nitrogens with zero attached hydrogens (tertiary/aromatic N) is 3. The molecule has 40 heavy (non-hydrogen) atoms. The van der Waals surface area contributed by atoms with Crippen molar-refractivity contribution in [1.29, 1.82) is 0 Å². The molecule has 3 N–H and O–H groups in total. The van der Waals surface area contributed by atoms with E-state index in [9.17, 15) is 86.4 Å². The van der Waals surface area contributed by atoms with E-state index < -0.39 is 62.1 Å². The number of halogens is 12. The molecule has 0 aromatic rings. The van der Waals surface area contributed by atoms with Crippen molar-refractivity contribution in [1.82, 2.24) is 0 Å². The van der Waals surface area contributed by atoms with Crippen molar-refractivity contribution in [3.05, 3.63) is 8.25 Å². The van der Waals surface area contributed by atoms with Gasteiger partial charge in [0.05, 0.1) is 33.2 Å². The van der Waals surface area contributed by atoms with Gasteiger partial charge in [-0.05, 0) is 0 Å². The zero-order valence-electron chi connectivity index (χ0n) is 19.4. The molecule has 12 nitrogen and oxygen atoms in total. The first-order valence-corrected chi connectivity index (χ1v) is 15.3. The first kappa shape index (κ1) is 40.9. The van der Waals surface area contributed by atoms with Crippen LogP contribution < -0.4 is 5.73 Å². The number of hydrogen-bond donors (Lipinski definition) is 1. The second-order valence-corrected chi connectivity index (χ2v) is 14.4. The molecule has 1 aliphatic heterocycles. The highest BCUT2D eigenvalue weighted by Gasteiger charge is 2.48. The zero-order chi connectivity index (χ0) is 32.9. The van der Waals surface area contributed by atoms with E-state index in [2.05, 4.69) is 12.8 Å². The molecule has 0 amide bonds. The molecule has 0 bridgehead atoms. The Morgan fingerprint density at radius 2 is 0.800 bits per heavy atom. The SMILES string of the molecule is C[N+]1(CCC[NH3+])CCCC1.O=S(=O)([N-]S(=O)(=O)C(F)(F)F)C(F)(F)F.O=S(=O)([N-]S(=O)(=O)C(F)(F)F)C(F)(F)F. The second kappa shape index (κ2) is 13.4. The molecule has 0 spiro atoms. The van der Waals surface area contributed by atoms with Gasteiger partial charge in [0.2, 0.25) is 0 Å². The van der Waals surface area contributed by atoms with Crippen LogP contribution >= 0.6 is 0 Å². The lowest BCUT2D eigenvalue weighted by atomic mass is 10.3. The molecule has 0 aromatic carbocycles. The first-order valence-electron chi connectivity index (χ1n) is 9.54. The molecule has 1 heterocycles. The maximum absolute atomic E-state index is 11.4. The van der Waals surface area contributed by atoms with Crippen LogP contribution in [0.3, 0.4) is 0 Å². The Morgan fingerprint density at radius 1 is 0.575 bits per heavy atom. The molecule has 1 rings (SSSR count).